The maximum absolute atomic E-state index is 12.0. The summed E-state index contributed by atoms with van der Waals surface area (Å²) < 4.78 is 12.9. The zero-order valence-corrected chi connectivity index (χ0v) is 22.6. The van der Waals surface area contributed by atoms with E-state index in [9.17, 15) is 4.79 Å². The molecule has 4 aromatic rings. The summed E-state index contributed by atoms with van der Waals surface area (Å²) in [5.74, 6) is 1.86. The number of amides is 1. The van der Waals surface area contributed by atoms with Crippen molar-refractivity contribution in [2.75, 3.05) is 43.4 Å². The van der Waals surface area contributed by atoms with E-state index >= 15 is 0 Å². The number of carbonyl (C=O) groups is 1. The van der Waals surface area contributed by atoms with E-state index in [0.29, 0.717) is 66.8 Å². The summed E-state index contributed by atoms with van der Waals surface area (Å²) in [5.41, 5.74) is 9.30. The Bertz CT molecular complexity index is 1510. The fourth-order valence-corrected chi connectivity index (χ4v) is 4.89. The van der Waals surface area contributed by atoms with Crippen LogP contribution in [-0.2, 0) is 10.3 Å². The number of ether oxygens (including phenoxy) is 1. The van der Waals surface area contributed by atoms with E-state index in [-0.39, 0.29) is 17.6 Å². The van der Waals surface area contributed by atoms with Gasteiger partial charge in [-0.15, -0.1) is 0 Å². The van der Waals surface area contributed by atoms with Gasteiger partial charge in [-0.2, -0.15) is 5.10 Å². The number of anilines is 2. The first-order chi connectivity index (χ1) is 18.8. The van der Waals surface area contributed by atoms with Crippen LogP contribution in [0.5, 0.6) is 0 Å². The highest BCUT2D eigenvalue weighted by Crippen LogP contribution is 2.48. The molecule has 1 amide bonds. The number of nitrogens with two attached hydrogens (primary N) is 1. The molecule has 2 aliphatic rings. The Kier molecular flexibility index (Phi) is 6.07. The lowest BCUT2D eigenvalue weighted by molar-refractivity contribution is 0.105. The molecule has 6 rings (SSSR count). The van der Waals surface area contributed by atoms with Gasteiger partial charge in [-0.05, 0) is 40.5 Å². The molecule has 1 aliphatic heterocycles. The third-order valence-corrected chi connectivity index (χ3v) is 7.05. The van der Waals surface area contributed by atoms with E-state index in [1.807, 2.05) is 11.6 Å². The molecule has 0 radical (unpaired) electrons. The monoisotopic (exact) mass is 532 g/mol. The van der Waals surface area contributed by atoms with Crippen LogP contribution in [0.2, 0.25) is 0 Å². The minimum Gasteiger partial charge on any atom is -0.450 e. The van der Waals surface area contributed by atoms with Crippen LogP contribution >= 0.6 is 0 Å². The van der Waals surface area contributed by atoms with Gasteiger partial charge in [0.1, 0.15) is 23.5 Å². The SMILES string of the molecule is CCOC(=O)N1CCN(c2cnc(-c3c(-c4nn(C(C)(C)C)c5ncnc(N)c45)noc3C3CC3)nc2)CC1. The number of nitrogens with zero attached hydrogens (tertiary/aromatic N) is 9. The van der Waals surface area contributed by atoms with Crippen LogP contribution in [0, 0.1) is 0 Å². The van der Waals surface area contributed by atoms with Crippen molar-refractivity contribution in [3.8, 4) is 22.8 Å². The lowest BCUT2D eigenvalue weighted by Crippen LogP contribution is -2.49. The Morgan fingerprint density at radius 1 is 1.08 bits per heavy atom. The number of hydrogen-bond acceptors (Lipinski definition) is 11. The zero-order valence-electron chi connectivity index (χ0n) is 22.6. The van der Waals surface area contributed by atoms with Crippen molar-refractivity contribution in [3.63, 3.8) is 0 Å². The van der Waals surface area contributed by atoms with Crippen LogP contribution < -0.4 is 10.6 Å². The van der Waals surface area contributed by atoms with Crippen molar-refractivity contribution in [3.05, 3.63) is 24.5 Å². The molecular weight excluding hydrogens is 500 g/mol. The first-order valence-corrected chi connectivity index (χ1v) is 13.2. The summed E-state index contributed by atoms with van der Waals surface area (Å²) in [6.07, 6.45) is 6.82. The standard InChI is InChI=1S/C26H32N10O3/c1-5-38-25(37)35-10-8-34(9-11-35)16-12-28-23(29-13-16)17-20(33-39-21(17)15-6-7-15)19-18-22(27)30-14-31-24(18)36(32-19)26(2,3)4/h12-15H,5-11H2,1-4H3,(H2,27,30,31). The lowest BCUT2D eigenvalue weighted by Gasteiger charge is -2.35. The fraction of sp³-hybridized carbons (Fsp3) is 0.500. The predicted molar refractivity (Wildman–Crippen MR) is 144 cm³/mol. The first-order valence-electron chi connectivity index (χ1n) is 13.2. The average Bonchev–Trinajstić information content (AvgIpc) is 3.54. The summed E-state index contributed by atoms with van der Waals surface area (Å²) in [6.45, 7) is 10.8. The van der Waals surface area contributed by atoms with Gasteiger partial charge in [0, 0.05) is 32.1 Å². The number of rotatable bonds is 5. The smallest absolute Gasteiger partial charge is 0.409 e. The minimum atomic E-state index is -0.351. The van der Waals surface area contributed by atoms with E-state index in [2.05, 4.69) is 40.8 Å². The second-order valence-electron chi connectivity index (χ2n) is 10.9. The first kappa shape index (κ1) is 25.0. The van der Waals surface area contributed by atoms with E-state index in [1.165, 1.54) is 6.33 Å². The minimum absolute atomic E-state index is 0.269. The molecule has 1 saturated heterocycles. The van der Waals surface area contributed by atoms with Gasteiger partial charge in [-0.1, -0.05) is 5.16 Å². The quantitative estimate of drug-likeness (QED) is 0.402. The summed E-state index contributed by atoms with van der Waals surface area (Å²) >= 11 is 0. The number of carbonyl (C=O) groups excluding carboxylic acids is 1. The summed E-state index contributed by atoms with van der Waals surface area (Å²) in [5, 5.41) is 9.99. The average molecular weight is 533 g/mol. The van der Waals surface area contributed by atoms with Gasteiger partial charge in [0.25, 0.3) is 0 Å². The van der Waals surface area contributed by atoms with Gasteiger partial charge in [0.15, 0.2) is 17.2 Å². The molecule has 39 heavy (non-hydrogen) atoms. The summed E-state index contributed by atoms with van der Waals surface area (Å²) in [4.78, 5) is 34.1. The topological polar surface area (TPSA) is 154 Å². The lowest BCUT2D eigenvalue weighted by atomic mass is 10.1. The highest BCUT2D eigenvalue weighted by molar-refractivity contribution is 6.00. The largest absolute Gasteiger partial charge is 0.450 e. The molecule has 0 spiro atoms. The number of nitrogen functional groups attached to an aromatic ring is 1. The van der Waals surface area contributed by atoms with E-state index in [0.717, 1.165) is 29.9 Å². The van der Waals surface area contributed by atoms with Crippen LogP contribution in [-0.4, -0.2) is 78.7 Å². The molecule has 5 heterocycles. The molecular formula is C26H32N10O3. The second kappa shape index (κ2) is 9.47. The summed E-state index contributed by atoms with van der Waals surface area (Å²) in [7, 11) is 0. The van der Waals surface area contributed by atoms with Crippen LogP contribution in [0.15, 0.2) is 23.2 Å². The molecule has 0 bridgehead atoms. The van der Waals surface area contributed by atoms with Crippen molar-refractivity contribution >= 4 is 28.6 Å². The molecule has 2 N–H and O–H groups in total. The third kappa shape index (κ3) is 4.51. The van der Waals surface area contributed by atoms with Gasteiger partial charge >= 0.3 is 6.09 Å². The maximum Gasteiger partial charge on any atom is 0.409 e. The van der Waals surface area contributed by atoms with Crippen molar-refractivity contribution in [1.82, 2.24) is 39.8 Å². The Morgan fingerprint density at radius 2 is 1.79 bits per heavy atom. The summed E-state index contributed by atoms with van der Waals surface area (Å²) in [6, 6.07) is 0. The van der Waals surface area contributed by atoms with E-state index < -0.39 is 0 Å². The molecule has 13 heteroatoms. The van der Waals surface area contributed by atoms with E-state index in [1.54, 1.807) is 17.3 Å². The van der Waals surface area contributed by atoms with Crippen molar-refractivity contribution in [2.45, 2.75) is 52.0 Å². The fourth-order valence-electron chi connectivity index (χ4n) is 4.89. The molecule has 1 saturated carbocycles. The second-order valence-corrected chi connectivity index (χ2v) is 10.9. The number of piperazine rings is 1. The van der Waals surface area contributed by atoms with Gasteiger partial charge < -0.3 is 24.8 Å². The van der Waals surface area contributed by atoms with Crippen molar-refractivity contribution < 1.29 is 14.1 Å². The van der Waals surface area contributed by atoms with Crippen LogP contribution in [0.25, 0.3) is 33.8 Å². The highest BCUT2D eigenvalue weighted by Gasteiger charge is 2.36. The normalized spacial score (nSPS) is 16.2. The van der Waals surface area contributed by atoms with Crippen LogP contribution in [0.1, 0.15) is 52.2 Å². The van der Waals surface area contributed by atoms with Gasteiger partial charge in [-0.25, -0.2) is 29.4 Å². The van der Waals surface area contributed by atoms with Gasteiger partial charge in [0.2, 0.25) is 0 Å². The van der Waals surface area contributed by atoms with Crippen LogP contribution in [0.4, 0.5) is 16.3 Å². The Hall–Kier alpha value is -4.29. The Labute approximate surface area is 225 Å². The maximum atomic E-state index is 12.0. The van der Waals surface area contributed by atoms with Crippen LogP contribution in [0.3, 0.4) is 0 Å². The van der Waals surface area contributed by atoms with E-state index in [4.69, 9.17) is 30.1 Å². The van der Waals surface area contributed by atoms with Gasteiger partial charge in [-0.3, -0.25) is 0 Å². The molecule has 0 aromatic carbocycles. The van der Waals surface area contributed by atoms with Crippen molar-refractivity contribution in [2.24, 2.45) is 0 Å². The highest BCUT2D eigenvalue weighted by atomic mass is 16.6. The zero-order chi connectivity index (χ0) is 27.3. The molecule has 0 atom stereocenters. The number of fused-ring (bicyclic) bond motifs is 1. The number of hydrogen-bond donors (Lipinski definition) is 1. The molecule has 13 nitrogen and oxygen atoms in total. The molecule has 4 aromatic heterocycles. The Morgan fingerprint density at radius 3 is 2.44 bits per heavy atom. The van der Waals surface area contributed by atoms with Crippen molar-refractivity contribution in [1.29, 1.82) is 0 Å². The molecule has 204 valence electrons. The number of aromatic nitrogens is 7. The third-order valence-electron chi connectivity index (χ3n) is 7.05. The molecule has 2 fully saturated rings. The Balaban J connectivity index is 1.36. The predicted octanol–water partition coefficient (Wildman–Crippen LogP) is 3.43. The molecule has 0 unspecified atom stereocenters. The van der Waals surface area contributed by atoms with Gasteiger partial charge in [0.05, 0.1) is 41.2 Å². The molecule has 1 aliphatic carbocycles.